The van der Waals surface area contributed by atoms with Crippen LogP contribution in [0.2, 0.25) is 0 Å². The molecule has 0 radical (unpaired) electrons. The number of nitro benzene ring substituents is 1. The smallest absolute Gasteiger partial charge is 0.308 e. The zero-order valence-electron chi connectivity index (χ0n) is 7.37. The number of nitro groups is 1. The van der Waals surface area contributed by atoms with Crippen LogP contribution >= 0.6 is 15.9 Å². The first kappa shape index (κ1) is 11.5. The zero-order valence-corrected chi connectivity index (χ0v) is 8.95. The maximum absolute atomic E-state index is 13.0. The van der Waals surface area contributed by atoms with Crippen LogP contribution in [-0.2, 0) is 0 Å². The lowest BCUT2D eigenvalue weighted by molar-refractivity contribution is -0.387. The highest BCUT2D eigenvalue weighted by Gasteiger charge is 2.17. The highest BCUT2D eigenvalue weighted by molar-refractivity contribution is 9.10. The molecule has 0 aliphatic heterocycles. The highest BCUT2D eigenvalue weighted by Crippen LogP contribution is 2.31. The topological polar surface area (TPSA) is 52.4 Å². The van der Waals surface area contributed by atoms with Crippen molar-refractivity contribution in [2.24, 2.45) is 0 Å². The number of halogens is 2. The van der Waals surface area contributed by atoms with Gasteiger partial charge in [-0.3, -0.25) is 10.1 Å². The Balaban J connectivity index is 3.13. The van der Waals surface area contributed by atoms with Crippen molar-refractivity contribution in [3.8, 4) is 18.1 Å². The van der Waals surface area contributed by atoms with Gasteiger partial charge in [0.15, 0.2) is 0 Å². The summed E-state index contributed by atoms with van der Waals surface area (Å²) in [5.74, 6) is 1.41. The van der Waals surface area contributed by atoms with E-state index in [1.165, 1.54) is 0 Å². The van der Waals surface area contributed by atoms with E-state index in [1.807, 2.05) is 0 Å². The number of rotatable bonds is 3. The van der Waals surface area contributed by atoms with Gasteiger partial charge in [-0.25, -0.2) is 0 Å². The van der Waals surface area contributed by atoms with Crippen molar-refractivity contribution in [1.29, 1.82) is 0 Å². The van der Waals surface area contributed by atoms with Gasteiger partial charge < -0.3 is 4.74 Å². The molecule has 0 aliphatic carbocycles. The molecule has 0 aliphatic rings. The lowest BCUT2D eigenvalue weighted by Gasteiger charge is -2.04. The predicted molar refractivity (Wildman–Crippen MR) is 55.1 cm³/mol. The second-order valence-electron chi connectivity index (χ2n) is 2.48. The van der Waals surface area contributed by atoms with Gasteiger partial charge >= 0.3 is 5.69 Å². The van der Waals surface area contributed by atoms with E-state index in [0.717, 1.165) is 12.1 Å². The first-order chi connectivity index (χ1) is 7.06. The molecule has 15 heavy (non-hydrogen) atoms. The van der Waals surface area contributed by atoms with Crippen LogP contribution in [0, 0.1) is 28.3 Å². The summed E-state index contributed by atoms with van der Waals surface area (Å²) in [6.07, 6.45) is 4.96. The number of benzene rings is 1. The van der Waals surface area contributed by atoms with Gasteiger partial charge in [0, 0.05) is 0 Å². The minimum atomic E-state index is -0.931. The summed E-state index contributed by atoms with van der Waals surface area (Å²) in [4.78, 5) is 9.58. The molecule has 0 aromatic heterocycles. The number of nitrogens with zero attached hydrogens (tertiary/aromatic N) is 1. The van der Waals surface area contributed by atoms with Gasteiger partial charge in [0.05, 0.1) is 15.5 Å². The summed E-state index contributed by atoms with van der Waals surface area (Å²) in [6, 6.07) is 1.95. The average Bonchev–Trinajstić information content (AvgIpc) is 2.16. The summed E-state index contributed by atoms with van der Waals surface area (Å²) in [5.41, 5.74) is -0.648. The third-order valence-corrected chi connectivity index (χ3v) is 2.13. The largest absolute Gasteiger partial charge is 0.480 e. The van der Waals surface area contributed by atoms with Crippen molar-refractivity contribution < 1.29 is 14.1 Å². The molecule has 4 nitrogen and oxygen atoms in total. The molecule has 0 saturated carbocycles. The molecule has 0 fully saturated rings. The Morgan fingerprint density at radius 1 is 1.67 bits per heavy atom. The molecule has 1 aromatic carbocycles. The van der Waals surface area contributed by atoms with Crippen LogP contribution in [0.15, 0.2) is 16.6 Å². The van der Waals surface area contributed by atoms with Crippen LogP contribution in [0.3, 0.4) is 0 Å². The summed E-state index contributed by atoms with van der Waals surface area (Å²) in [7, 11) is 0. The molecule has 78 valence electrons. The molecule has 0 heterocycles. The Kier molecular flexibility index (Phi) is 3.63. The average molecular weight is 274 g/mol. The second kappa shape index (κ2) is 4.75. The first-order valence-corrected chi connectivity index (χ1v) is 4.55. The number of terminal acetylenes is 1. The fourth-order valence-corrected chi connectivity index (χ4v) is 1.32. The molecule has 1 aromatic rings. The van der Waals surface area contributed by atoms with Crippen molar-refractivity contribution in [2.75, 3.05) is 6.61 Å². The van der Waals surface area contributed by atoms with E-state index in [-0.39, 0.29) is 16.8 Å². The van der Waals surface area contributed by atoms with Crippen LogP contribution in [0.25, 0.3) is 0 Å². The van der Waals surface area contributed by atoms with Crippen molar-refractivity contribution in [1.82, 2.24) is 0 Å². The summed E-state index contributed by atoms with van der Waals surface area (Å²) < 4.78 is 18.3. The Labute approximate surface area is 93.3 Å². The van der Waals surface area contributed by atoms with Crippen LogP contribution in [0.4, 0.5) is 10.1 Å². The number of hydrogen-bond acceptors (Lipinski definition) is 3. The molecule has 0 bridgehead atoms. The van der Waals surface area contributed by atoms with Gasteiger partial charge in [0.2, 0.25) is 5.82 Å². The molecule has 0 atom stereocenters. The number of hydrogen-bond donors (Lipinski definition) is 0. The third-order valence-electron chi connectivity index (χ3n) is 1.51. The van der Waals surface area contributed by atoms with E-state index >= 15 is 0 Å². The summed E-state index contributed by atoms with van der Waals surface area (Å²) in [5, 5.41) is 10.4. The van der Waals surface area contributed by atoms with Crippen molar-refractivity contribution in [3.05, 3.63) is 32.5 Å². The molecular formula is C9H5BrFNO3. The van der Waals surface area contributed by atoms with Gasteiger partial charge in [-0.05, 0) is 22.0 Å². The van der Waals surface area contributed by atoms with Crippen LogP contribution in [0.5, 0.6) is 5.75 Å². The first-order valence-electron chi connectivity index (χ1n) is 3.76. The van der Waals surface area contributed by atoms with E-state index in [4.69, 9.17) is 11.2 Å². The van der Waals surface area contributed by atoms with Gasteiger partial charge in [0.25, 0.3) is 0 Å². The Morgan fingerprint density at radius 3 is 2.87 bits per heavy atom. The third kappa shape index (κ3) is 2.67. The van der Waals surface area contributed by atoms with Crippen molar-refractivity contribution in [2.45, 2.75) is 0 Å². The number of ether oxygens (including phenoxy) is 1. The van der Waals surface area contributed by atoms with E-state index in [0.29, 0.717) is 0 Å². The fraction of sp³-hybridized carbons (Fsp3) is 0.111. The maximum Gasteiger partial charge on any atom is 0.308 e. The normalized spacial score (nSPS) is 9.40. The highest BCUT2D eigenvalue weighted by atomic mass is 79.9. The van der Waals surface area contributed by atoms with E-state index in [2.05, 4.69) is 21.9 Å². The molecular weight excluding hydrogens is 269 g/mol. The minimum absolute atomic E-state index is 0.0403. The lowest BCUT2D eigenvalue weighted by Crippen LogP contribution is -1.98. The van der Waals surface area contributed by atoms with E-state index in [1.54, 1.807) is 0 Å². The minimum Gasteiger partial charge on any atom is -0.480 e. The summed E-state index contributed by atoms with van der Waals surface area (Å²) >= 11 is 3.00. The van der Waals surface area contributed by atoms with Gasteiger partial charge in [0.1, 0.15) is 12.4 Å². The van der Waals surface area contributed by atoms with Crippen molar-refractivity contribution >= 4 is 21.6 Å². The second-order valence-corrected chi connectivity index (χ2v) is 3.34. The molecule has 1 rings (SSSR count). The quantitative estimate of drug-likeness (QED) is 0.483. The van der Waals surface area contributed by atoms with E-state index in [9.17, 15) is 14.5 Å². The van der Waals surface area contributed by atoms with Crippen LogP contribution < -0.4 is 4.74 Å². The molecule has 6 heteroatoms. The molecule has 0 unspecified atom stereocenters. The molecule has 0 N–H and O–H groups in total. The van der Waals surface area contributed by atoms with Crippen LogP contribution in [-0.4, -0.2) is 11.5 Å². The lowest BCUT2D eigenvalue weighted by atomic mass is 10.3. The van der Waals surface area contributed by atoms with Gasteiger partial charge in [-0.1, -0.05) is 5.92 Å². The molecule has 0 amide bonds. The monoisotopic (exact) mass is 273 g/mol. The van der Waals surface area contributed by atoms with Crippen LogP contribution in [0.1, 0.15) is 0 Å². The standard InChI is InChI=1S/C9H5BrFNO3/c1-2-3-15-9-5-8(12(13)14)7(11)4-6(9)10/h1,4-5H,3H2. The van der Waals surface area contributed by atoms with E-state index < -0.39 is 16.4 Å². The maximum atomic E-state index is 13.0. The predicted octanol–water partition coefficient (Wildman–Crippen LogP) is 2.51. The fourth-order valence-electron chi connectivity index (χ4n) is 0.888. The van der Waals surface area contributed by atoms with Crippen molar-refractivity contribution in [3.63, 3.8) is 0 Å². The molecule has 0 saturated heterocycles. The Hall–Kier alpha value is -1.61. The SMILES string of the molecule is C#CCOc1cc([N+](=O)[O-])c(F)cc1Br. The zero-order chi connectivity index (χ0) is 11.4. The molecule has 0 spiro atoms. The Bertz CT molecular complexity index is 442. The van der Waals surface area contributed by atoms with Gasteiger partial charge in [-0.15, -0.1) is 6.42 Å². The summed E-state index contributed by atoms with van der Waals surface area (Å²) in [6.45, 7) is -0.0403. The van der Waals surface area contributed by atoms with Gasteiger partial charge in [-0.2, -0.15) is 4.39 Å². The Morgan fingerprint density at radius 2 is 2.33 bits per heavy atom.